The first-order chi connectivity index (χ1) is 1.41. The summed E-state index contributed by atoms with van der Waals surface area (Å²) in [5.41, 5.74) is 0. The van der Waals surface area contributed by atoms with Gasteiger partial charge in [-0.3, -0.25) is 0 Å². The van der Waals surface area contributed by atoms with Gasteiger partial charge in [0.2, 0.25) is 0 Å². The van der Waals surface area contributed by atoms with E-state index in [2.05, 4.69) is 12.7 Å². The van der Waals surface area contributed by atoms with Crippen LogP contribution in [0.4, 0.5) is 0 Å². The van der Waals surface area contributed by atoms with Crippen LogP contribution in [-0.2, 0) is 0 Å². The van der Waals surface area contributed by atoms with Crippen molar-refractivity contribution < 1.29 is 0 Å². The molecule has 21 valence electrons. The van der Waals surface area contributed by atoms with Crippen LogP contribution in [0, 0.1) is 6.08 Å². The smallest absolute Gasteiger partial charge is 0.0959 e. The van der Waals surface area contributed by atoms with Crippen molar-refractivity contribution >= 4 is 23.1 Å². The molecular weight excluding hydrogens is 60.3 g/mol. The van der Waals surface area contributed by atoms with E-state index >= 15 is 0 Å². The minimum atomic E-state index is 0. The highest BCUT2D eigenvalue weighted by Crippen LogP contribution is 1.34. The van der Waals surface area contributed by atoms with Gasteiger partial charge in [0, 0.05) is 0 Å². The van der Waals surface area contributed by atoms with Gasteiger partial charge in [0.1, 0.15) is 0 Å². The Morgan fingerprint density at radius 3 is 1.75 bits per heavy atom. The van der Waals surface area contributed by atoms with Gasteiger partial charge >= 0.3 is 23.1 Å². The molecule has 4 heavy (non-hydrogen) atoms. The Morgan fingerprint density at radius 1 is 1.75 bits per heavy atom. The number of hydrogen-bond acceptors (Lipinski definition) is 0. The lowest BCUT2D eigenvalue weighted by Crippen LogP contribution is -1.11. The van der Waals surface area contributed by atoms with Crippen LogP contribution in [0.25, 0.3) is 0 Å². The minimum Gasteiger partial charge on any atom is -0.0959 e. The van der Waals surface area contributed by atoms with Gasteiger partial charge in [0.15, 0.2) is 0 Å². The molecule has 0 bridgehead atoms. The molecule has 1 radical (unpaired) electrons. The highest BCUT2D eigenvalue weighted by atomic mass is 24.3. The average molecular weight is 67.4 g/mol. The van der Waals surface area contributed by atoms with Gasteiger partial charge in [-0.05, 0) is 6.92 Å². The van der Waals surface area contributed by atoms with Crippen LogP contribution in [-0.4, -0.2) is 23.1 Å². The van der Waals surface area contributed by atoms with Crippen LogP contribution >= 0.6 is 0 Å². The Labute approximate surface area is 43.0 Å². The van der Waals surface area contributed by atoms with Gasteiger partial charge in [-0.2, -0.15) is 0 Å². The van der Waals surface area contributed by atoms with E-state index in [0.29, 0.717) is 0 Å². The van der Waals surface area contributed by atoms with Gasteiger partial charge in [0.25, 0.3) is 0 Å². The number of hydrogen-bond donors (Lipinski definition) is 0. The predicted molar refractivity (Wildman–Crippen MR) is 23.1 cm³/mol. The maximum absolute atomic E-state index is 3.24. The summed E-state index contributed by atoms with van der Waals surface area (Å²) in [6, 6.07) is 0. The fraction of sp³-hybridized carbons (Fsp3) is 0.333. The molecular formula is C3H7Mg. The third-order valence-electron chi connectivity index (χ3n) is 0. The molecule has 0 aliphatic carbocycles. The van der Waals surface area contributed by atoms with Crippen molar-refractivity contribution in [1.82, 2.24) is 0 Å². The predicted octanol–water partition coefficient (Wildman–Crippen LogP) is 0.0793. The van der Waals surface area contributed by atoms with Crippen molar-refractivity contribution in [2.24, 2.45) is 0 Å². The van der Waals surface area contributed by atoms with Gasteiger partial charge in [-0.1, -0.05) is 12.7 Å². The summed E-state index contributed by atoms with van der Waals surface area (Å²) in [6.45, 7) is 5.00. The molecule has 0 aromatic heterocycles. The number of rotatable bonds is 0. The standard InChI is InChI=1S/C3H5.Mg.2H/c1-3-2;;;/h1H2,2H3;;;. The molecule has 0 aromatic carbocycles. The molecule has 0 atom stereocenters. The fourth-order valence-corrected chi connectivity index (χ4v) is 0. The molecule has 0 saturated heterocycles. The second-order valence-corrected chi connectivity index (χ2v) is 0.354. The lowest BCUT2D eigenvalue weighted by molar-refractivity contribution is 1.71. The average Bonchev–Trinajstić information content (AvgIpc) is 0.918. The summed E-state index contributed by atoms with van der Waals surface area (Å²) in [4.78, 5) is 0. The molecule has 0 nitrogen and oxygen atoms in total. The van der Waals surface area contributed by atoms with Crippen LogP contribution in [0.15, 0.2) is 6.58 Å². The molecule has 0 rings (SSSR count). The highest BCUT2D eigenvalue weighted by Gasteiger charge is 1.17. The molecule has 0 aromatic rings. The molecule has 0 aliphatic heterocycles. The first kappa shape index (κ1) is 8.82. The first-order valence-corrected chi connectivity index (χ1v) is 0.854. The second kappa shape index (κ2) is 9.71. The quantitative estimate of drug-likeness (QED) is 0.352. The normalized spacial score (nSPS) is 3.25. The summed E-state index contributed by atoms with van der Waals surface area (Å²) in [7, 11) is 0. The maximum atomic E-state index is 3.24. The SMILES string of the molecule is C=[C]C.[MgH2]. The van der Waals surface area contributed by atoms with E-state index in [4.69, 9.17) is 0 Å². The zero-order valence-electron chi connectivity index (χ0n) is 2.21. The molecule has 0 aliphatic rings. The van der Waals surface area contributed by atoms with Crippen molar-refractivity contribution in [3.63, 3.8) is 0 Å². The first-order valence-electron chi connectivity index (χ1n) is 0.854. The lowest BCUT2D eigenvalue weighted by atomic mass is 10.8. The molecule has 0 heterocycles. The van der Waals surface area contributed by atoms with Crippen molar-refractivity contribution in [2.45, 2.75) is 6.92 Å². The maximum Gasteiger partial charge on any atom is 0.316 e. The Balaban J connectivity index is 0. The van der Waals surface area contributed by atoms with Crippen LogP contribution in [0.5, 0.6) is 0 Å². The van der Waals surface area contributed by atoms with E-state index in [9.17, 15) is 0 Å². The molecule has 0 amide bonds. The minimum absolute atomic E-state index is 0. The van der Waals surface area contributed by atoms with E-state index < -0.39 is 0 Å². The van der Waals surface area contributed by atoms with E-state index in [0.717, 1.165) is 0 Å². The highest BCUT2D eigenvalue weighted by molar-refractivity contribution is 5.75. The molecule has 0 unspecified atom stereocenters. The Morgan fingerprint density at radius 2 is 1.75 bits per heavy atom. The van der Waals surface area contributed by atoms with E-state index in [-0.39, 0.29) is 23.1 Å². The summed E-state index contributed by atoms with van der Waals surface area (Å²) < 4.78 is 0. The molecule has 0 fully saturated rings. The summed E-state index contributed by atoms with van der Waals surface area (Å²) in [6.07, 6.45) is 2.50. The molecule has 0 N–H and O–H groups in total. The van der Waals surface area contributed by atoms with Gasteiger partial charge in [-0.15, -0.1) is 0 Å². The van der Waals surface area contributed by atoms with Crippen LogP contribution in [0.1, 0.15) is 6.92 Å². The van der Waals surface area contributed by atoms with Crippen molar-refractivity contribution in [3.8, 4) is 0 Å². The van der Waals surface area contributed by atoms with Crippen molar-refractivity contribution in [3.05, 3.63) is 12.7 Å². The van der Waals surface area contributed by atoms with Crippen LogP contribution in [0.3, 0.4) is 0 Å². The monoisotopic (exact) mass is 67.0 g/mol. The van der Waals surface area contributed by atoms with Crippen molar-refractivity contribution in [1.29, 1.82) is 0 Å². The third kappa shape index (κ3) is 22.2. The summed E-state index contributed by atoms with van der Waals surface area (Å²) in [5, 5.41) is 0. The Hall–Kier alpha value is 0.506. The van der Waals surface area contributed by atoms with Gasteiger partial charge in [0.05, 0.1) is 0 Å². The lowest BCUT2D eigenvalue weighted by Gasteiger charge is -1.28. The zero-order chi connectivity index (χ0) is 2.71. The van der Waals surface area contributed by atoms with E-state index in [1.54, 1.807) is 6.92 Å². The van der Waals surface area contributed by atoms with E-state index in [1.165, 1.54) is 0 Å². The Kier molecular flexibility index (Phi) is 21.4. The third-order valence-corrected chi connectivity index (χ3v) is 0. The Bertz CT molecular complexity index is 10.8. The molecule has 0 spiro atoms. The largest absolute Gasteiger partial charge is 0.316 e. The van der Waals surface area contributed by atoms with E-state index in [1.807, 2.05) is 0 Å². The van der Waals surface area contributed by atoms with Crippen LogP contribution in [0.2, 0.25) is 0 Å². The van der Waals surface area contributed by atoms with Crippen molar-refractivity contribution in [2.75, 3.05) is 0 Å². The zero-order valence-corrected chi connectivity index (χ0v) is 2.21. The van der Waals surface area contributed by atoms with Crippen LogP contribution < -0.4 is 0 Å². The molecule has 1 heteroatoms. The summed E-state index contributed by atoms with van der Waals surface area (Å²) in [5.74, 6) is 0. The number of allylic oxidation sites excluding steroid dienone is 1. The van der Waals surface area contributed by atoms with Gasteiger partial charge in [-0.25, -0.2) is 0 Å². The molecule has 0 saturated carbocycles. The topological polar surface area (TPSA) is 0 Å². The summed E-state index contributed by atoms with van der Waals surface area (Å²) >= 11 is 0. The second-order valence-electron chi connectivity index (χ2n) is 0.354. The van der Waals surface area contributed by atoms with Gasteiger partial charge < -0.3 is 0 Å². The fourth-order valence-electron chi connectivity index (χ4n) is 0.